The number of aromatic hydroxyl groups is 1. The van der Waals surface area contributed by atoms with Crippen LogP contribution in [0.25, 0.3) is 10.9 Å². The second-order valence-corrected chi connectivity index (χ2v) is 5.13. The minimum absolute atomic E-state index is 0.237. The first-order valence-electron chi connectivity index (χ1n) is 7.22. The minimum Gasteiger partial charge on any atom is -0.506 e. The maximum atomic E-state index is 9.86. The first-order chi connectivity index (χ1) is 9.74. The van der Waals surface area contributed by atoms with Gasteiger partial charge in [0.25, 0.3) is 0 Å². The number of unbranched alkanes of at least 4 members (excludes halogenated alkanes) is 3. The maximum absolute atomic E-state index is 9.86. The monoisotopic (exact) mass is 273 g/mol. The van der Waals surface area contributed by atoms with E-state index in [1.165, 1.54) is 12.8 Å². The summed E-state index contributed by atoms with van der Waals surface area (Å²) in [6.45, 7) is 1.78. The summed E-state index contributed by atoms with van der Waals surface area (Å²) in [5.74, 6) is 0.237. The van der Waals surface area contributed by atoms with Crippen LogP contribution in [0.1, 0.15) is 25.7 Å². The van der Waals surface area contributed by atoms with Crippen molar-refractivity contribution in [3.8, 4) is 5.75 Å². The molecule has 0 aliphatic heterocycles. The van der Waals surface area contributed by atoms with Crippen LogP contribution < -0.4 is 10.6 Å². The van der Waals surface area contributed by atoms with Crippen LogP contribution in [0.2, 0.25) is 0 Å². The zero-order valence-electron chi connectivity index (χ0n) is 12.0. The molecular weight excluding hydrogens is 250 g/mol. The molecule has 1 aromatic carbocycles. The Balaban J connectivity index is 2.06. The van der Waals surface area contributed by atoms with E-state index in [4.69, 9.17) is 5.73 Å². The van der Waals surface area contributed by atoms with Crippen molar-refractivity contribution in [2.75, 3.05) is 25.0 Å². The third-order valence-corrected chi connectivity index (χ3v) is 3.58. The Morgan fingerprint density at radius 1 is 1.15 bits per heavy atom. The predicted molar refractivity (Wildman–Crippen MR) is 84.2 cm³/mol. The summed E-state index contributed by atoms with van der Waals surface area (Å²) in [6.07, 6.45) is 6.37. The topological polar surface area (TPSA) is 62.4 Å². The summed E-state index contributed by atoms with van der Waals surface area (Å²) in [6, 6.07) is 7.58. The van der Waals surface area contributed by atoms with Crippen LogP contribution in [-0.2, 0) is 0 Å². The lowest BCUT2D eigenvalue weighted by atomic mass is 10.1. The van der Waals surface area contributed by atoms with E-state index in [1.54, 1.807) is 12.3 Å². The third kappa shape index (κ3) is 3.39. The number of phenolic OH excluding ortho intramolecular Hbond substituents is 1. The Kier molecular flexibility index (Phi) is 5.18. The van der Waals surface area contributed by atoms with E-state index in [0.29, 0.717) is 5.52 Å². The molecule has 0 fully saturated rings. The summed E-state index contributed by atoms with van der Waals surface area (Å²) in [5, 5.41) is 10.9. The number of phenols is 1. The fourth-order valence-electron chi connectivity index (χ4n) is 2.44. The molecule has 2 aromatic rings. The van der Waals surface area contributed by atoms with Gasteiger partial charge in [-0.25, -0.2) is 0 Å². The molecule has 0 aliphatic carbocycles. The van der Waals surface area contributed by atoms with E-state index in [0.717, 1.165) is 37.0 Å². The van der Waals surface area contributed by atoms with Gasteiger partial charge < -0.3 is 15.7 Å². The van der Waals surface area contributed by atoms with E-state index < -0.39 is 0 Å². The van der Waals surface area contributed by atoms with Gasteiger partial charge in [0.05, 0.1) is 0 Å². The summed E-state index contributed by atoms with van der Waals surface area (Å²) >= 11 is 0. The van der Waals surface area contributed by atoms with Gasteiger partial charge in [-0.3, -0.25) is 4.98 Å². The number of rotatable bonds is 7. The Morgan fingerprint density at radius 2 is 1.95 bits per heavy atom. The van der Waals surface area contributed by atoms with E-state index >= 15 is 0 Å². The summed E-state index contributed by atoms with van der Waals surface area (Å²) < 4.78 is 0. The Bertz CT molecular complexity index is 556. The van der Waals surface area contributed by atoms with E-state index in [9.17, 15) is 5.11 Å². The largest absolute Gasteiger partial charge is 0.506 e. The van der Waals surface area contributed by atoms with Crippen LogP contribution in [0.4, 0.5) is 5.69 Å². The Hall–Kier alpha value is -1.81. The summed E-state index contributed by atoms with van der Waals surface area (Å²) in [4.78, 5) is 6.48. The zero-order chi connectivity index (χ0) is 14.4. The minimum atomic E-state index is 0.237. The van der Waals surface area contributed by atoms with Crippen molar-refractivity contribution < 1.29 is 5.11 Å². The van der Waals surface area contributed by atoms with Crippen molar-refractivity contribution in [1.29, 1.82) is 0 Å². The van der Waals surface area contributed by atoms with Crippen molar-refractivity contribution in [2.24, 2.45) is 5.73 Å². The SMILES string of the molecule is CN(CCCCCCN)c1ccc(O)c2ncccc12. The van der Waals surface area contributed by atoms with Crippen LogP contribution in [0.5, 0.6) is 5.75 Å². The number of anilines is 1. The number of benzene rings is 1. The summed E-state index contributed by atoms with van der Waals surface area (Å²) in [7, 11) is 2.09. The number of fused-ring (bicyclic) bond motifs is 1. The molecule has 0 unspecified atom stereocenters. The van der Waals surface area contributed by atoms with Gasteiger partial charge in [-0.05, 0) is 43.7 Å². The fourth-order valence-corrected chi connectivity index (χ4v) is 2.44. The van der Waals surface area contributed by atoms with E-state index in [1.807, 2.05) is 18.2 Å². The van der Waals surface area contributed by atoms with E-state index in [2.05, 4.69) is 16.9 Å². The number of nitrogens with zero attached hydrogens (tertiary/aromatic N) is 2. The van der Waals surface area contributed by atoms with E-state index in [-0.39, 0.29) is 5.75 Å². The van der Waals surface area contributed by atoms with Crippen LogP contribution in [-0.4, -0.2) is 30.2 Å². The van der Waals surface area contributed by atoms with Gasteiger partial charge in [0.15, 0.2) is 0 Å². The van der Waals surface area contributed by atoms with Gasteiger partial charge in [-0.15, -0.1) is 0 Å². The molecule has 0 saturated carbocycles. The first-order valence-corrected chi connectivity index (χ1v) is 7.22. The average Bonchev–Trinajstić information content (AvgIpc) is 2.47. The van der Waals surface area contributed by atoms with Crippen molar-refractivity contribution in [3.05, 3.63) is 30.5 Å². The van der Waals surface area contributed by atoms with Crippen LogP contribution >= 0.6 is 0 Å². The van der Waals surface area contributed by atoms with Crippen LogP contribution in [0.15, 0.2) is 30.5 Å². The van der Waals surface area contributed by atoms with Gasteiger partial charge in [0.1, 0.15) is 11.3 Å². The lowest BCUT2D eigenvalue weighted by Gasteiger charge is -2.21. The molecule has 0 radical (unpaired) electrons. The number of nitrogens with two attached hydrogens (primary N) is 1. The van der Waals surface area contributed by atoms with Crippen molar-refractivity contribution in [2.45, 2.75) is 25.7 Å². The molecule has 1 heterocycles. The fraction of sp³-hybridized carbons (Fsp3) is 0.438. The van der Waals surface area contributed by atoms with Crippen LogP contribution in [0.3, 0.4) is 0 Å². The Morgan fingerprint density at radius 3 is 2.75 bits per heavy atom. The van der Waals surface area contributed by atoms with Crippen molar-refractivity contribution in [1.82, 2.24) is 4.98 Å². The maximum Gasteiger partial charge on any atom is 0.141 e. The van der Waals surface area contributed by atoms with Gasteiger partial charge in [0.2, 0.25) is 0 Å². The second kappa shape index (κ2) is 7.10. The van der Waals surface area contributed by atoms with Gasteiger partial charge in [0, 0.05) is 30.9 Å². The molecule has 20 heavy (non-hydrogen) atoms. The highest BCUT2D eigenvalue weighted by atomic mass is 16.3. The predicted octanol–water partition coefficient (Wildman–Crippen LogP) is 2.90. The van der Waals surface area contributed by atoms with Gasteiger partial charge >= 0.3 is 0 Å². The number of hydrogen-bond acceptors (Lipinski definition) is 4. The standard InChI is InChI=1S/C16H23N3O/c1-19(12-5-3-2-4-10-17)14-8-9-15(20)16-13(14)7-6-11-18-16/h6-9,11,20H,2-5,10,12,17H2,1H3. The van der Waals surface area contributed by atoms with Crippen LogP contribution in [0, 0.1) is 0 Å². The van der Waals surface area contributed by atoms with Gasteiger partial charge in [-0.2, -0.15) is 0 Å². The van der Waals surface area contributed by atoms with Gasteiger partial charge in [-0.1, -0.05) is 12.8 Å². The van der Waals surface area contributed by atoms with Crippen molar-refractivity contribution in [3.63, 3.8) is 0 Å². The molecule has 2 rings (SSSR count). The zero-order valence-corrected chi connectivity index (χ0v) is 12.0. The molecule has 0 bridgehead atoms. The molecule has 0 aliphatic rings. The highest BCUT2D eigenvalue weighted by molar-refractivity contribution is 5.95. The van der Waals surface area contributed by atoms with Crippen molar-refractivity contribution >= 4 is 16.6 Å². The molecule has 4 heteroatoms. The molecule has 1 aromatic heterocycles. The molecule has 108 valence electrons. The number of aromatic nitrogens is 1. The molecule has 0 amide bonds. The molecule has 3 N–H and O–H groups in total. The first kappa shape index (κ1) is 14.6. The molecule has 0 atom stereocenters. The number of pyridine rings is 1. The average molecular weight is 273 g/mol. The normalized spacial score (nSPS) is 10.9. The molecule has 4 nitrogen and oxygen atoms in total. The molecular formula is C16H23N3O. The lowest BCUT2D eigenvalue weighted by Crippen LogP contribution is -2.18. The molecule has 0 saturated heterocycles. The highest BCUT2D eigenvalue weighted by Crippen LogP contribution is 2.30. The third-order valence-electron chi connectivity index (χ3n) is 3.58. The second-order valence-electron chi connectivity index (χ2n) is 5.13. The number of hydrogen-bond donors (Lipinski definition) is 2. The lowest BCUT2D eigenvalue weighted by molar-refractivity contribution is 0.480. The quantitative estimate of drug-likeness (QED) is 0.761. The molecule has 0 spiro atoms. The summed E-state index contributed by atoms with van der Waals surface area (Å²) in [5.41, 5.74) is 7.28. The highest BCUT2D eigenvalue weighted by Gasteiger charge is 2.09. The Labute approximate surface area is 120 Å². The smallest absolute Gasteiger partial charge is 0.141 e.